The minimum Gasteiger partial charge on any atom is -0.389 e. The molecule has 0 heterocycles. The first-order valence-corrected chi connectivity index (χ1v) is 6.35. The van der Waals surface area contributed by atoms with Crippen LogP contribution in [0.15, 0.2) is 18.2 Å². The van der Waals surface area contributed by atoms with E-state index in [-0.39, 0.29) is 10.8 Å². The van der Waals surface area contributed by atoms with Gasteiger partial charge >= 0.3 is 0 Å². The molecule has 1 saturated carbocycles. The van der Waals surface area contributed by atoms with Gasteiger partial charge in [-0.15, -0.1) is 0 Å². The summed E-state index contributed by atoms with van der Waals surface area (Å²) in [7, 11) is 0. The van der Waals surface area contributed by atoms with Gasteiger partial charge in [-0.25, -0.2) is 4.39 Å². The number of nitrogens with zero attached hydrogens (tertiary/aromatic N) is 1. The van der Waals surface area contributed by atoms with Gasteiger partial charge in [-0.2, -0.15) is 0 Å². The highest BCUT2D eigenvalue weighted by molar-refractivity contribution is 7.80. The summed E-state index contributed by atoms with van der Waals surface area (Å²) in [6, 6.07) is 5.73. The Kier molecular flexibility index (Phi) is 3.74. The van der Waals surface area contributed by atoms with Crippen molar-refractivity contribution >= 4 is 17.2 Å². The topological polar surface area (TPSA) is 29.3 Å². The molecule has 1 fully saturated rings. The minimum absolute atomic E-state index is 0.124. The normalized spacial score (nSPS) is 15.2. The second-order valence-corrected chi connectivity index (χ2v) is 4.91. The van der Waals surface area contributed by atoms with Crippen LogP contribution in [0, 0.1) is 5.82 Å². The molecule has 0 radical (unpaired) electrons. The number of halogens is 1. The molecule has 0 unspecified atom stereocenters. The lowest BCUT2D eigenvalue weighted by Crippen LogP contribution is -2.25. The van der Waals surface area contributed by atoms with Crippen molar-refractivity contribution in [1.29, 1.82) is 0 Å². The van der Waals surface area contributed by atoms with E-state index in [9.17, 15) is 4.39 Å². The van der Waals surface area contributed by atoms with Crippen molar-refractivity contribution in [2.45, 2.75) is 32.4 Å². The molecule has 0 amide bonds. The smallest absolute Gasteiger partial charge is 0.133 e. The highest BCUT2D eigenvalue weighted by Gasteiger charge is 2.27. The van der Waals surface area contributed by atoms with E-state index in [1.807, 2.05) is 6.07 Å². The number of benzene rings is 1. The van der Waals surface area contributed by atoms with Crippen LogP contribution >= 0.6 is 12.2 Å². The van der Waals surface area contributed by atoms with Crippen molar-refractivity contribution in [3.8, 4) is 0 Å². The Hall–Kier alpha value is -1.00. The average Bonchev–Trinajstić information content (AvgIpc) is 3.11. The highest BCUT2D eigenvalue weighted by atomic mass is 32.1. The van der Waals surface area contributed by atoms with Gasteiger partial charge in [0, 0.05) is 18.2 Å². The van der Waals surface area contributed by atoms with Crippen LogP contribution in [0.4, 0.5) is 4.39 Å². The molecule has 92 valence electrons. The fraction of sp³-hybridized carbons (Fsp3) is 0.462. The Morgan fingerprint density at radius 3 is 2.76 bits per heavy atom. The molecule has 1 aromatic rings. The average molecular weight is 252 g/mol. The van der Waals surface area contributed by atoms with Gasteiger partial charge in [0.15, 0.2) is 0 Å². The van der Waals surface area contributed by atoms with Crippen LogP contribution in [0.3, 0.4) is 0 Å². The zero-order chi connectivity index (χ0) is 12.4. The van der Waals surface area contributed by atoms with Gasteiger partial charge in [0.05, 0.1) is 0 Å². The highest BCUT2D eigenvalue weighted by Crippen LogP contribution is 2.28. The van der Waals surface area contributed by atoms with Gasteiger partial charge in [0.2, 0.25) is 0 Å². The van der Waals surface area contributed by atoms with E-state index in [0.29, 0.717) is 11.6 Å². The quantitative estimate of drug-likeness (QED) is 0.816. The predicted molar refractivity (Wildman–Crippen MR) is 71.4 cm³/mol. The molecule has 0 aliphatic heterocycles. The molecule has 0 aromatic heterocycles. The van der Waals surface area contributed by atoms with Gasteiger partial charge in [-0.05, 0) is 37.1 Å². The largest absolute Gasteiger partial charge is 0.389 e. The van der Waals surface area contributed by atoms with Crippen molar-refractivity contribution < 1.29 is 4.39 Å². The van der Waals surface area contributed by atoms with Crippen LogP contribution in [0.5, 0.6) is 0 Å². The van der Waals surface area contributed by atoms with Gasteiger partial charge < -0.3 is 5.73 Å². The van der Waals surface area contributed by atoms with Crippen molar-refractivity contribution in [3.63, 3.8) is 0 Å². The number of thiocarbonyl (C=S) groups is 1. The number of hydrogen-bond acceptors (Lipinski definition) is 2. The molecular formula is C13H17FN2S. The maximum absolute atomic E-state index is 13.4. The lowest BCUT2D eigenvalue weighted by molar-refractivity contribution is 0.269. The lowest BCUT2D eigenvalue weighted by Gasteiger charge is -2.20. The zero-order valence-corrected chi connectivity index (χ0v) is 10.8. The second-order valence-electron chi connectivity index (χ2n) is 4.47. The maximum Gasteiger partial charge on any atom is 0.133 e. The first-order valence-electron chi connectivity index (χ1n) is 5.94. The molecule has 1 aliphatic rings. The minimum atomic E-state index is -0.337. The van der Waals surface area contributed by atoms with Crippen molar-refractivity contribution in [3.05, 3.63) is 35.1 Å². The molecule has 0 saturated heterocycles. The Labute approximate surface area is 107 Å². The summed E-state index contributed by atoms with van der Waals surface area (Å²) in [4.78, 5) is 2.52. The molecule has 1 aliphatic carbocycles. The van der Waals surface area contributed by atoms with E-state index in [1.54, 1.807) is 6.07 Å². The van der Waals surface area contributed by atoms with Crippen LogP contribution in [0.25, 0.3) is 0 Å². The third kappa shape index (κ3) is 3.01. The molecule has 17 heavy (non-hydrogen) atoms. The summed E-state index contributed by atoms with van der Waals surface area (Å²) < 4.78 is 13.4. The van der Waals surface area contributed by atoms with E-state index in [0.717, 1.165) is 18.7 Å². The van der Waals surface area contributed by atoms with Crippen molar-refractivity contribution in [2.75, 3.05) is 6.54 Å². The monoisotopic (exact) mass is 252 g/mol. The van der Waals surface area contributed by atoms with Gasteiger partial charge in [0.1, 0.15) is 10.8 Å². The molecule has 2 rings (SSSR count). The zero-order valence-electron chi connectivity index (χ0n) is 9.95. The van der Waals surface area contributed by atoms with Crippen LogP contribution in [-0.2, 0) is 6.54 Å². The van der Waals surface area contributed by atoms with E-state index >= 15 is 0 Å². The summed E-state index contributed by atoms with van der Waals surface area (Å²) >= 11 is 4.84. The lowest BCUT2D eigenvalue weighted by atomic mass is 10.1. The Morgan fingerprint density at radius 1 is 1.53 bits per heavy atom. The molecular weight excluding hydrogens is 235 g/mol. The summed E-state index contributed by atoms with van der Waals surface area (Å²) in [5.41, 5.74) is 6.92. The van der Waals surface area contributed by atoms with E-state index in [1.165, 1.54) is 18.9 Å². The summed E-state index contributed by atoms with van der Waals surface area (Å²) in [5.74, 6) is -0.337. The SMILES string of the molecule is CCN(Cc1ccc(F)c(C(N)=S)c1)C1CC1. The summed E-state index contributed by atoms with van der Waals surface area (Å²) in [5, 5.41) is 0. The first-order chi connectivity index (χ1) is 8.11. The maximum atomic E-state index is 13.4. The predicted octanol–water partition coefficient (Wildman–Crippen LogP) is 2.44. The first kappa shape index (κ1) is 12.5. The molecule has 1 aromatic carbocycles. The molecule has 0 atom stereocenters. The Morgan fingerprint density at radius 2 is 2.24 bits per heavy atom. The molecule has 0 bridgehead atoms. The summed E-state index contributed by atoms with van der Waals surface area (Å²) in [6.07, 6.45) is 2.55. The second kappa shape index (κ2) is 5.10. The van der Waals surface area contributed by atoms with Crippen molar-refractivity contribution in [1.82, 2.24) is 4.90 Å². The van der Waals surface area contributed by atoms with Crippen LogP contribution in [-0.4, -0.2) is 22.5 Å². The summed E-state index contributed by atoms with van der Waals surface area (Å²) in [6.45, 7) is 4.01. The molecule has 0 spiro atoms. The number of hydrogen-bond donors (Lipinski definition) is 1. The Bertz CT molecular complexity index is 429. The number of rotatable bonds is 5. The third-order valence-electron chi connectivity index (χ3n) is 3.15. The van der Waals surface area contributed by atoms with Gasteiger partial charge in [-0.3, -0.25) is 4.90 Å². The molecule has 2 N–H and O–H groups in total. The third-order valence-corrected chi connectivity index (χ3v) is 3.37. The van der Waals surface area contributed by atoms with E-state index in [4.69, 9.17) is 18.0 Å². The van der Waals surface area contributed by atoms with Crippen LogP contribution < -0.4 is 5.73 Å². The number of nitrogens with two attached hydrogens (primary N) is 1. The molecule has 4 heteroatoms. The van der Waals surface area contributed by atoms with Crippen LogP contribution in [0.1, 0.15) is 30.9 Å². The van der Waals surface area contributed by atoms with Crippen molar-refractivity contribution in [2.24, 2.45) is 5.73 Å². The van der Waals surface area contributed by atoms with E-state index < -0.39 is 0 Å². The van der Waals surface area contributed by atoms with Crippen LogP contribution in [0.2, 0.25) is 0 Å². The van der Waals surface area contributed by atoms with Gasteiger partial charge in [0.25, 0.3) is 0 Å². The fourth-order valence-corrected chi connectivity index (χ4v) is 2.19. The van der Waals surface area contributed by atoms with E-state index in [2.05, 4.69) is 11.8 Å². The standard InChI is InChI=1S/C13H17FN2S/c1-2-16(10-4-5-10)8-9-3-6-12(14)11(7-9)13(15)17/h3,6-7,10H,2,4-5,8H2,1H3,(H2,15,17). The molecule has 2 nitrogen and oxygen atoms in total. The fourth-order valence-electron chi connectivity index (χ4n) is 2.03. The Balaban J connectivity index is 2.15. The van der Waals surface area contributed by atoms with Gasteiger partial charge in [-0.1, -0.05) is 25.2 Å².